The first kappa shape index (κ1) is 24.7. The molecule has 0 radical (unpaired) electrons. The van der Waals surface area contributed by atoms with Crippen LogP contribution in [-0.2, 0) is 14.8 Å². The second kappa shape index (κ2) is 10.3. The van der Waals surface area contributed by atoms with Gasteiger partial charge >= 0.3 is 0 Å². The van der Waals surface area contributed by atoms with Crippen LogP contribution in [0.3, 0.4) is 0 Å². The zero-order chi connectivity index (χ0) is 24.2. The number of nitrogens with zero attached hydrogens (tertiary/aromatic N) is 2. The van der Waals surface area contributed by atoms with Crippen molar-refractivity contribution in [3.05, 3.63) is 47.7 Å². The zero-order valence-corrected chi connectivity index (χ0v) is 20.1. The van der Waals surface area contributed by atoms with Gasteiger partial charge in [-0.05, 0) is 69.5 Å². The number of pyridine rings is 1. The van der Waals surface area contributed by atoms with E-state index in [-0.39, 0.29) is 40.0 Å². The third-order valence-corrected chi connectivity index (χ3v) is 7.09. The highest BCUT2D eigenvalue weighted by atomic mass is 32.2. The number of likely N-dealkylation sites (tertiary alicyclic amines) is 1. The third kappa shape index (κ3) is 6.08. The fraction of sp³-hybridized carbons (Fsp3) is 0.435. The molecule has 1 saturated heterocycles. The van der Waals surface area contributed by atoms with Crippen LogP contribution in [0.2, 0.25) is 0 Å². The molecule has 1 aliphatic rings. The molecule has 2 heterocycles. The van der Waals surface area contributed by atoms with E-state index in [1.165, 1.54) is 19.2 Å². The zero-order valence-electron chi connectivity index (χ0n) is 19.3. The summed E-state index contributed by atoms with van der Waals surface area (Å²) in [6.45, 7) is 6.16. The number of anilines is 1. The number of nitrogens with one attached hydrogen (secondary N) is 2. The van der Waals surface area contributed by atoms with Crippen LogP contribution in [0.5, 0.6) is 5.75 Å². The highest BCUT2D eigenvalue weighted by Crippen LogP contribution is 2.27. The van der Waals surface area contributed by atoms with Gasteiger partial charge in [-0.1, -0.05) is 0 Å². The number of aromatic nitrogens is 1. The van der Waals surface area contributed by atoms with Gasteiger partial charge in [-0.3, -0.25) is 9.59 Å². The van der Waals surface area contributed by atoms with E-state index >= 15 is 0 Å². The summed E-state index contributed by atoms with van der Waals surface area (Å²) in [6.07, 6.45) is 2.67. The predicted octanol–water partition coefficient (Wildman–Crippen LogP) is 2.58. The van der Waals surface area contributed by atoms with Gasteiger partial charge in [0, 0.05) is 36.8 Å². The molecule has 178 valence electrons. The van der Waals surface area contributed by atoms with Crippen LogP contribution in [0.15, 0.2) is 41.4 Å². The Kier molecular flexibility index (Phi) is 7.70. The minimum Gasteiger partial charge on any atom is -0.495 e. The Morgan fingerprint density at radius 3 is 2.45 bits per heavy atom. The van der Waals surface area contributed by atoms with E-state index < -0.39 is 10.0 Å². The van der Waals surface area contributed by atoms with Crippen molar-refractivity contribution in [2.24, 2.45) is 5.92 Å². The van der Waals surface area contributed by atoms with Crippen LogP contribution < -0.4 is 14.8 Å². The number of piperidine rings is 1. The molecule has 2 aromatic rings. The number of carbonyl (C=O) groups is 2. The molecule has 2 amide bonds. The molecule has 9 nitrogen and oxygen atoms in total. The average molecular weight is 475 g/mol. The number of rotatable bonds is 7. The first-order valence-corrected chi connectivity index (χ1v) is 12.3. The van der Waals surface area contributed by atoms with Gasteiger partial charge in [-0.25, -0.2) is 18.1 Å². The van der Waals surface area contributed by atoms with Crippen LogP contribution in [0.4, 0.5) is 5.82 Å². The smallest absolute Gasteiger partial charge is 0.253 e. The number of aryl methyl sites for hydroxylation is 1. The van der Waals surface area contributed by atoms with Crippen molar-refractivity contribution < 1.29 is 22.7 Å². The number of hydrogen-bond acceptors (Lipinski definition) is 6. The van der Waals surface area contributed by atoms with Gasteiger partial charge in [-0.2, -0.15) is 0 Å². The van der Waals surface area contributed by atoms with Crippen molar-refractivity contribution in [3.8, 4) is 5.75 Å². The van der Waals surface area contributed by atoms with Gasteiger partial charge in [0.05, 0.1) is 7.11 Å². The predicted molar refractivity (Wildman–Crippen MR) is 125 cm³/mol. The van der Waals surface area contributed by atoms with Crippen LogP contribution in [0.25, 0.3) is 0 Å². The number of amides is 2. The largest absolute Gasteiger partial charge is 0.495 e. The van der Waals surface area contributed by atoms with Crippen molar-refractivity contribution in [3.63, 3.8) is 0 Å². The van der Waals surface area contributed by atoms with E-state index in [9.17, 15) is 18.0 Å². The van der Waals surface area contributed by atoms with Gasteiger partial charge < -0.3 is 15.0 Å². The van der Waals surface area contributed by atoms with Crippen molar-refractivity contribution >= 4 is 27.7 Å². The molecule has 0 atom stereocenters. The SMILES string of the molecule is COc1ccc(C(=O)N2CCC(C(=O)Nc3cc(C)ccn3)CC2)cc1S(=O)(=O)NC(C)C. The van der Waals surface area contributed by atoms with E-state index in [4.69, 9.17) is 4.74 Å². The molecular formula is C23H30N4O5S. The Balaban J connectivity index is 1.68. The van der Waals surface area contributed by atoms with Crippen molar-refractivity contribution in [2.75, 3.05) is 25.5 Å². The number of carbonyl (C=O) groups excluding carboxylic acids is 2. The summed E-state index contributed by atoms with van der Waals surface area (Å²) in [5.41, 5.74) is 1.26. The number of sulfonamides is 1. The molecule has 1 aromatic carbocycles. The number of benzene rings is 1. The summed E-state index contributed by atoms with van der Waals surface area (Å²) in [5, 5.41) is 2.84. The molecule has 1 fully saturated rings. The quantitative estimate of drug-likeness (QED) is 0.637. The molecule has 1 aromatic heterocycles. The summed E-state index contributed by atoms with van der Waals surface area (Å²) in [6, 6.07) is 7.73. The second-order valence-electron chi connectivity index (χ2n) is 8.42. The van der Waals surface area contributed by atoms with Crippen LogP contribution in [0.1, 0.15) is 42.6 Å². The fourth-order valence-corrected chi connectivity index (χ4v) is 5.20. The van der Waals surface area contributed by atoms with Gasteiger partial charge in [0.2, 0.25) is 15.9 Å². The lowest BCUT2D eigenvalue weighted by atomic mass is 9.95. The maximum Gasteiger partial charge on any atom is 0.253 e. The molecule has 2 N–H and O–H groups in total. The first-order chi connectivity index (χ1) is 15.6. The normalized spacial score (nSPS) is 14.9. The summed E-state index contributed by atoms with van der Waals surface area (Å²) in [7, 11) is -2.46. The Morgan fingerprint density at radius 2 is 1.85 bits per heavy atom. The topological polar surface area (TPSA) is 118 Å². The number of ether oxygens (including phenoxy) is 1. The van der Waals surface area contributed by atoms with Gasteiger partial charge in [0.15, 0.2) is 0 Å². The van der Waals surface area contributed by atoms with Crippen LogP contribution in [-0.4, -0.2) is 56.4 Å². The Hall–Kier alpha value is -2.98. The lowest BCUT2D eigenvalue weighted by Crippen LogP contribution is -2.41. The molecule has 3 rings (SSSR count). The number of hydrogen-bond donors (Lipinski definition) is 2. The highest BCUT2D eigenvalue weighted by Gasteiger charge is 2.29. The monoisotopic (exact) mass is 474 g/mol. The lowest BCUT2D eigenvalue weighted by molar-refractivity contribution is -0.121. The maximum atomic E-state index is 13.1. The maximum absolute atomic E-state index is 13.1. The van der Waals surface area contributed by atoms with E-state index in [1.807, 2.05) is 13.0 Å². The molecule has 0 bridgehead atoms. The van der Waals surface area contributed by atoms with Gasteiger partial charge in [0.25, 0.3) is 5.91 Å². The standard InChI is InChI=1S/C23H30N4O5S/c1-15(2)26-33(30,31)20-14-18(5-6-19(20)32-4)23(29)27-11-8-17(9-12-27)22(28)25-21-13-16(3)7-10-24-21/h5-7,10,13-15,17,26H,8-9,11-12H2,1-4H3,(H,24,25,28). The van der Waals surface area contributed by atoms with Gasteiger partial charge in [0.1, 0.15) is 16.5 Å². The Morgan fingerprint density at radius 1 is 1.15 bits per heavy atom. The summed E-state index contributed by atoms with van der Waals surface area (Å²) in [4.78, 5) is 31.4. The Bertz CT molecular complexity index is 1130. The lowest BCUT2D eigenvalue weighted by Gasteiger charge is -2.31. The fourth-order valence-electron chi connectivity index (χ4n) is 3.75. The highest BCUT2D eigenvalue weighted by molar-refractivity contribution is 7.89. The Labute approximate surface area is 194 Å². The van der Waals surface area contributed by atoms with Crippen LogP contribution in [0, 0.1) is 12.8 Å². The molecule has 0 spiro atoms. The minimum absolute atomic E-state index is 0.0792. The van der Waals surface area contributed by atoms with E-state index in [0.717, 1.165) is 5.56 Å². The molecule has 1 aliphatic heterocycles. The summed E-state index contributed by atoms with van der Waals surface area (Å²) >= 11 is 0. The molecule has 10 heteroatoms. The summed E-state index contributed by atoms with van der Waals surface area (Å²) in [5.74, 6) is 0.0642. The van der Waals surface area contributed by atoms with Crippen molar-refractivity contribution in [1.82, 2.24) is 14.6 Å². The second-order valence-corrected chi connectivity index (χ2v) is 10.1. The first-order valence-electron chi connectivity index (χ1n) is 10.8. The summed E-state index contributed by atoms with van der Waals surface area (Å²) < 4.78 is 33.1. The van der Waals surface area contributed by atoms with E-state index in [2.05, 4.69) is 15.0 Å². The molecule has 0 unspecified atom stereocenters. The third-order valence-electron chi connectivity index (χ3n) is 5.41. The molecule has 0 saturated carbocycles. The molecule has 0 aliphatic carbocycles. The van der Waals surface area contributed by atoms with Crippen molar-refractivity contribution in [1.29, 1.82) is 0 Å². The van der Waals surface area contributed by atoms with Gasteiger partial charge in [-0.15, -0.1) is 0 Å². The van der Waals surface area contributed by atoms with E-state index in [0.29, 0.717) is 31.7 Å². The minimum atomic E-state index is -3.85. The molecule has 33 heavy (non-hydrogen) atoms. The van der Waals surface area contributed by atoms with E-state index in [1.54, 1.807) is 37.1 Å². The average Bonchev–Trinajstić information content (AvgIpc) is 2.77. The van der Waals surface area contributed by atoms with Crippen molar-refractivity contribution in [2.45, 2.75) is 44.6 Å². The molecular weight excluding hydrogens is 444 g/mol. The van der Waals surface area contributed by atoms with Crippen LogP contribution >= 0.6 is 0 Å². The number of methoxy groups -OCH3 is 1.